The Balaban J connectivity index is 1.56. The normalized spacial score (nSPS) is 18.4. The van der Waals surface area contributed by atoms with Gasteiger partial charge in [0.25, 0.3) is 5.91 Å². The Morgan fingerprint density at radius 1 is 1.20 bits per heavy atom. The predicted molar refractivity (Wildman–Crippen MR) is 116 cm³/mol. The summed E-state index contributed by atoms with van der Waals surface area (Å²) in [6.07, 6.45) is 2.81. The number of anilines is 1. The maximum absolute atomic E-state index is 13.5. The van der Waals surface area contributed by atoms with Crippen LogP contribution in [-0.4, -0.2) is 49.1 Å². The summed E-state index contributed by atoms with van der Waals surface area (Å²) >= 11 is 1.42. The molecule has 8 heteroatoms. The van der Waals surface area contributed by atoms with Crippen LogP contribution in [0.4, 0.5) is 9.52 Å². The summed E-state index contributed by atoms with van der Waals surface area (Å²) in [5.41, 5.74) is 1.19. The molecule has 2 unspecified atom stereocenters. The van der Waals surface area contributed by atoms with Crippen molar-refractivity contribution < 1.29 is 18.7 Å². The van der Waals surface area contributed by atoms with Crippen LogP contribution < -0.4 is 14.8 Å². The van der Waals surface area contributed by atoms with E-state index in [9.17, 15) is 9.18 Å². The number of carbonyl (C=O) groups is 1. The van der Waals surface area contributed by atoms with Crippen molar-refractivity contribution in [1.29, 1.82) is 0 Å². The summed E-state index contributed by atoms with van der Waals surface area (Å²) in [5.74, 6) is 0.561. The van der Waals surface area contributed by atoms with Crippen molar-refractivity contribution in [3.05, 3.63) is 47.8 Å². The second-order valence-corrected chi connectivity index (χ2v) is 8.36. The smallest absolute Gasteiger partial charge is 0.261 e. The van der Waals surface area contributed by atoms with Crippen LogP contribution in [0, 0.1) is 5.82 Å². The fraction of sp³-hybridized carbons (Fsp3) is 0.364. The van der Waals surface area contributed by atoms with Crippen LogP contribution in [0.1, 0.15) is 29.6 Å². The van der Waals surface area contributed by atoms with Crippen LogP contribution in [0.5, 0.6) is 11.5 Å². The number of nitrogens with zero attached hydrogens (tertiary/aromatic N) is 2. The van der Waals surface area contributed by atoms with E-state index in [4.69, 9.17) is 9.47 Å². The van der Waals surface area contributed by atoms with Crippen molar-refractivity contribution in [2.24, 2.45) is 0 Å². The molecule has 1 N–H and O–H groups in total. The van der Waals surface area contributed by atoms with E-state index in [2.05, 4.69) is 10.3 Å². The summed E-state index contributed by atoms with van der Waals surface area (Å²) in [6.45, 7) is 0. The van der Waals surface area contributed by atoms with E-state index in [-0.39, 0.29) is 23.8 Å². The summed E-state index contributed by atoms with van der Waals surface area (Å²) in [4.78, 5) is 19.7. The third-order valence-electron chi connectivity index (χ3n) is 5.60. The van der Waals surface area contributed by atoms with Crippen LogP contribution in [-0.2, 0) is 0 Å². The molecule has 1 aliphatic rings. The second kappa shape index (κ2) is 8.47. The van der Waals surface area contributed by atoms with Gasteiger partial charge in [-0.15, -0.1) is 0 Å². The van der Waals surface area contributed by atoms with Gasteiger partial charge in [0.2, 0.25) is 0 Å². The Morgan fingerprint density at radius 2 is 1.93 bits per heavy atom. The van der Waals surface area contributed by atoms with E-state index in [1.54, 1.807) is 43.4 Å². The number of ether oxygens (including phenoxy) is 2. The minimum Gasteiger partial charge on any atom is -0.496 e. The number of nitrogens with one attached hydrogen (secondary N) is 1. The SMILES string of the molecule is COc1cccc(OC)c1C(=O)N(C)C1CCCC1Nc1nc2ccc(F)cc2s1. The van der Waals surface area contributed by atoms with Gasteiger partial charge in [-0.2, -0.15) is 0 Å². The molecule has 0 radical (unpaired) electrons. The van der Waals surface area contributed by atoms with Gasteiger partial charge in [-0.1, -0.05) is 17.4 Å². The van der Waals surface area contributed by atoms with E-state index in [0.717, 1.165) is 34.6 Å². The van der Waals surface area contributed by atoms with Crippen LogP contribution in [0.2, 0.25) is 0 Å². The topological polar surface area (TPSA) is 63.7 Å². The molecule has 1 saturated carbocycles. The monoisotopic (exact) mass is 429 g/mol. The molecule has 2 aromatic carbocycles. The minimum absolute atomic E-state index is 0.00383. The van der Waals surface area contributed by atoms with Crippen LogP contribution in [0.15, 0.2) is 36.4 Å². The number of likely N-dealkylation sites (N-methyl/N-ethyl adjacent to an activating group) is 1. The number of halogens is 1. The number of benzene rings is 2. The molecule has 1 aliphatic carbocycles. The third kappa shape index (κ3) is 3.79. The van der Waals surface area contributed by atoms with Crippen molar-refractivity contribution in [2.75, 3.05) is 26.6 Å². The molecule has 2 atom stereocenters. The average molecular weight is 430 g/mol. The van der Waals surface area contributed by atoms with Crippen molar-refractivity contribution >= 4 is 32.6 Å². The molecule has 158 valence electrons. The van der Waals surface area contributed by atoms with E-state index in [1.165, 1.54) is 23.5 Å². The Bertz CT molecular complexity index is 1050. The number of fused-ring (bicyclic) bond motifs is 1. The third-order valence-corrected chi connectivity index (χ3v) is 6.55. The highest BCUT2D eigenvalue weighted by atomic mass is 32.1. The molecular formula is C22H24FN3O3S. The van der Waals surface area contributed by atoms with Crippen molar-refractivity contribution in [1.82, 2.24) is 9.88 Å². The van der Waals surface area contributed by atoms with E-state index >= 15 is 0 Å². The molecule has 1 heterocycles. The van der Waals surface area contributed by atoms with Gasteiger partial charge in [-0.3, -0.25) is 4.79 Å². The number of hydrogen-bond donors (Lipinski definition) is 1. The number of methoxy groups -OCH3 is 2. The maximum atomic E-state index is 13.5. The standard InChI is InChI=1S/C22H24FN3O3S/c1-26(21(27)20-17(28-2)8-5-9-18(20)29-3)16-7-4-6-14(16)24-22-25-15-11-10-13(23)12-19(15)30-22/h5,8-12,14,16H,4,6-7H2,1-3H3,(H,24,25). The Morgan fingerprint density at radius 3 is 2.63 bits per heavy atom. The van der Waals surface area contributed by atoms with Crippen LogP contribution >= 0.6 is 11.3 Å². The molecule has 30 heavy (non-hydrogen) atoms. The first-order valence-corrected chi connectivity index (χ1v) is 10.6. The number of rotatable bonds is 6. The van der Waals surface area contributed by atoms with Gasteiger partial charge < -0.3 is 19.7 Å². The van der Waals surface area contributed by atoms with Gasteiger partial charge in [0.05, 0.1) is 30.5 Å². The fourth-order valence-corrected chi connectivity index (χ4v) is 5.03. The molecule has 0 bridgehead atoms. The maximum Gasteiger partial charge on any atom is 0.261 e. The predicted octanol–water partition coefficient (Wildman–Crippen LogP) is 4.56. The van der Waals surface area contributed by atoms with Gasteiger partial charge in [-0.05, 0) is 49.6 Å². The molecule has 0 aliphatic heterocycles. The zero-order valence-electron chi connectivity index (χ0n) is 17.1. The zero-order chi connectivity index (χ0) is 21.3. The Hall–Kier alpha value is -2.87. The van der Waals surface area contributed by atoms with Crippen LogP contribution in [0.3, 0.4) is 0 Å². The first kappa shape index (κ1) is 20.4. The molecular weight excluding hydrogens is 405 g/mol. The van der Waals surface area contributed by atoms with Crippen molar-refractivity contribution in [3.63, 3.8) is 0 Å². The lowest BCUT2D eigenvalue weighted by Crippen LogP contribution is -2.44. The lowest BCUT2D eigenvalue weighted by Gasteiger charge is -2.31. The summed E-state index contributed by atoms with van der Waals surface area (Å²) in [6, 6.07) is 9.96. The van der Waals surface area contributed by atoms with Gasteiger partial charge >= 0.3 is 0 Å². The molecule has 4 rings (SSSR count). The first-order valence-electron chi connectivity index (χ1n) is 9.82. The zero-order valence-corrected chi connectivity index (χ0v) is 18.0. The van der Waals surface area contributed by atoms with Crippen molar-refractivity contribution in [2.45, 2.75) is 31.3 Å². The summed E-state index contributed by atoms with van der Waals surface area (Å²) in [5, 5.41) is 4.21. The number of hydrogen-bond acceptors (Lipinski definition) is 6. The number of amides is 1. The van der Waals surface area contributed by atoms with Crippen molar-refractivity contribution in [3.8, 4) is 11.5 Å². The van der Waals surface area contributed by atoms with Gasteiger partial charge in [0.1, 0.15) is 22.9 Å². The number of thiazole rings is 1. The van der Waals surface area contributed by atoms with Crippen LogP contribution in [0.25, 0.3) is 10.2 Å². The lowest BCUT2D eigenvalue weighted by molar-refractivity contribution is 0.0721. The lowest BCUT2D eigenvalue weighted by atomic mass is 10.1. The number of carbonyl (C=O) groups excluding carboxylic acids is 1. The Labute approximate surface area is 178 Å². The quantitative estimate of drug-likeness (QED) is 0.622. The molecule has 0 saturated heterocycles. The second-order valence-electron chi connectivity index (χ2n) is 7.33. The van der Waals surface area contributed by atoms with E-state index in [1.807, 2.05) is 7.05 Å². The Kier molecular flexibility index (Phi) is 5.76. The molecule has 3 aromatic rings. The highest BCUT2D eigenvalue weighted by Crippen LogP contribution is 2.34. The molecule has 6 nitrogen and oxygen atoms in total. The highest BCUT2D eigenvalue weighted by molar-refractivity contribution is 7.22. The van der Waals surface area contributed by atoms with E-state index < -0.39 is 0 Å². The van der Waals surface area contributed by atoms with Gasteiger partial charge in [0, 0.05) is 13.1 Å². The molecule has 1 fully saturated rings. The molecule has 0 spiro atoms. The molecule has 1 aromatic heterocycles. The molecule has 1 amide bonds. The van der Waals surface area contributed by atoms with Gasteiger partial charge in [0.15, 0.2) is 5.13 Å². The summed E-state index contributed by atoms with van der Waals surface area (Å²) in [7, 11) is 4.90. The highest BCUT2D eigenvalue weighted by Gasteiger charge is 2.35. The minimum atomic E-state index is -0.271. The average Bonchev–Trinajstić information content (AvgIpc) is 3.38. The fourth-order valence-electron chi connectivity index (χ4n) is 4.08. The summed E-state index contributed by atoms with van der Waals surface area (Å²) < 4.78 is 25.1. The largest absolute Gasteiger partial charge is 0.496 e. The van der Waals surface area contributed by atoms with Gasteiger partial charge in [-0.25, -0.2) is 9.37 Å². The number of aromatic nitrogens is 1. The first-order chi connectivity index (χ1) is 14.5. The van der Waals surface area contributed by atoms with E-state index in [0.29, 0.717) is 17.1 Å².